The van der Waals surface area contributed by atoms with Crippen LogP contribution in [0.2, 0.25) is 0 Å². The van der Waals surface area contributed by atoms with E-state index in [-0.39, 0.29) is 11.6 Å². The molecular weight excluding hydrogens is 528 g/mol. The Bertz CT molecular complexity index is 1520. The van der Waals surface area contributed by atoms with Crippen LogP contribution in [0, 0.1) is 0 Å². The zero-order valence-electron chi connectivity index (χ0n) is 19.4. The van der Waals surface area contributed by atoms with Gasteiger partial charge in [0.25, 0.3) is 0 Å². The normalized spacial score (nSPS) is 19.7. The summed E-state index contributed by atoms with van der Waals surface area (Å²) in [6.07, 6.45) is -7.96. The van der Waals surface area contributed by atoms with Gasteiger partial charge in [-0.2, -0.15) is 31.2 Å². The van der Waals surface area contributed by atoms with Crippen molar-refractivity contribution in [2.24, 2.45) is 0 Å². The minimum atomic E-state index is -5.53. The Morgan fingerprint density at radius 1 is 1.03 bits per heavy atom. The van der Waals surface area contributed by atoms with E-state index in [1.54, 1.807) is 0 Å². The number of fused-ring (bicyclic) bond motifs is 1. The number of aromatic nitrogens is 1. The van der Waals surface area contributed by atoms with Crippen molar-refractivity contribution in [3.05, 3.63) is 70.3 Å². The van der Waals surface area contributed by atoms with Gasteiger partial charge in [-0.05, 0) is 28.9 Å². The fraction of sp³-hybridized carbons (Fsp3) is 0.261. The highest BCUT2D eigenvalue weighted by molar-refractivity contribution is 6.19. The van der Waals surface area contributed by atoms with E-state index in [0.717, 1.165) is 32.0 Å². The van der Waals surface area contributed by atoms with Crippen LogP contribution >= 0.6 is 0 Å². The van der Waals surface area contributed by atoms with Gasteiger partial charge in [0.15, 0.2) is 6.54 Å². The van der Waals surface area contributed by atoms with Gasteiger partial charge in [0.2, 0.25) is 5.54 Å². The molecule has 0 bridgehead atoms. The summed E-state index contributed by atoms with van der Waals surface area (Å²) in [5, 5.41) is -0.569. The number of benzene rings is 1. The molecule has 1 fully saturated rings. The van der Waals surface area contributed by atoms with Crippen molar-refractivity contribution in [3.8, 4) is 0 Å². The third-order valence-electron chi connectivity index (χ3n) is 6.05. The monoisotopic (exact) mass is 544 g/mol. The highest BCUT2D eigenvalue weighted by Gasteiger charge is 2.71. The number of urea groups is 1. The maximum absolute atomic E-state index is 13.7. The molecule has 1 aliphatic heterocycles. The second kappa shape index (κ2) is 8.65. The molecule has 3 amide bonds. The van der Waals surface area contributed by atoms with Gasteiger partial charge in [-0.3, -0.25) is 14.6 Å². The van der Waals surface area contributed by atoms with Crippen molar-refractivity contribution in [1.82, 2.24) is 4.98 Å². The van der Waals surface area contributed by atoms with Crippen molar-refractivity contribution >= 4 is 34.6 Å². The van der Waals surface area contributed by atoms with Gasteiger partial charge in [-0.1, -0.05) is 0 Å². The summed E-state index contributed by atoms with van der Waals surface area (Å²) >= 11 is 0. The summed E-state index contributed by atoms with van der Waals surface area (Å²) in [5.41, 5.74) is -5.76. The Morgan fingerprint density at radius 2 is 1.66 bits per heavy atom. The number of anilines is 1. The molecule has 15 heteroatoms. The molecule has 0 saturated carbocycles. The van der Waals surface area contributed by atoms with E-state index in [9.17, 15) is 45.5 Å². The van der Waals surface area contributed by atoms with E-state index in [0.29, 0.717) is 4.90 Å². The summed E-state index contributed by atoms with van der Waals surface area (Å²) in [7, 11) is 0. The topological polar surface area (TPSA) is 107 Å². The molecule has 0 radical (unpaired) electrons. The van der Waals surface area contributed by atoms with Crippen LogP contribution in [0.3, 0.4) is 0 Å². The number of halogens is 6. The smallest absolute Gasteiger partial charge is 0.423 e. The van der Waals surface area contributed by atoms with Crippen LogP contribution in [0.15, 0.2) is 58.0 Å². The molecule has 1 atom stereocenters. The maximum Gasteiger partial charge on any atom is 0.497 e. The highest BCUT2D eigenvalue weighted by atomic mass is 19.4. The fourth-order valence-corrected chi connectivity index (χ4v) is 4.06. The van der Waals surface area contributed by atoms with E-state index < -0.39 is 74.8 Å². The van der Waals surface area contributed by atoms with Gasteiger partial charge in [0, 0.05) is 49.3 Å². The van der Waals surface area contributed by atoms with Gasteiger partial charge < -0.3 is 4.42 Å². The Labute approximate surface area is 208 Å². The molecule has 4 rings (SSSR count). The van der Waals surface area contributed by atoms with Crippen molar-refractivity contribution in [2.45, 2.75) is 38.3 Å². The number of hydroxylamine groups is 3. The number of carbonyl (C=O) groups excluding carboxylic acids is 3. The second-order valence-electron chi connectivity index (χ2n) is 8.77. The van der Waals surface area contributed by atoms with Gasteiger partial charge in [0.05, 0.1) is 11.3 Å². The van der Waals surface area contributed by atoms with Crippen LogP contribution < -0.4 is 10.5 Å². The molecule has 200 valence electrons. The number of rotatable bonds is 4. The minimum absolute atomic E-state index is 0.172. The molecule has 38 heavy (non-hydrogen) atoms. The Kier molecular flexibility index (Phi) is 6.10. The van der Waals surface area contributed by atoms with Gasteiger partial charge in [0.1, 0.15) is 5.58 Å². The van der Waals surface area contributed by atoms with E-state index in [2.05, 4.69) is 4.98 Å². The first-order valence-corrected chi connectivity index (χ1v) is 10.6. The maximum atomic E-state index is 13.7. The van der Waals surface area contributed by atoms with E-state index >= 15 is 0 Å². The molecule has 0 N–H and O–H groups in total. The minimum Gasteiger partial charge on any atom is -0.423 e. The lowest BCUT2D eigenvalue weighted by atomic mass is 10.0. The molecule has 1 aliphatic rings. The molecule has 3 aromatic rings. The summed E-state index contributed by atoms with van der Waals surface area (Å²) < 4.78 is 82.9. The standard InChI is InChI=1S/C23H16F6N3O6/c1-21(2)18(34)31(13-3-4-14-15(22(24,25)26)10-17(33)37-16(14)9-13)20(36)32(21,38-19(35)23(27,28)29)11-12-5-7-30-8-6-12/h3-10H,11H2,1-2H3/q+1. The number of carbonyl (C=O) groups is 3. The Morgan fingerprint density at radius 3 is 2.24 bits per heavy atom. The van der Waals surface area contributed by atoms with Gasteiger partial charge >= 0.3 is 35.9 Å². The lowest BCUT2D eigenvalue weighted by Crippen LogP contribution is -2.62. The molecule has 1 unspecified atom stereocenters. The number of amides is 3. The van der Waals surface area contributed by atoms with Gasteiger partial charge in [-0.15, -0.1) is 0 Å². The molecule has 0 aliphatic carbocycles. The van der Waals surface area contributed by atoms with Crippen LogP contribution in [-0.4, -0.2) is 39.3 Å². The highest BCUT2D eigenvalue weighted by Crippen LogP contribution is 2.43. The second-order valence-corrected chi connectivity index (χ2v) is 8.77. The molecule has 3 heterocycles. The van der Waals surface area contributed by atoms with Crippen molar-refractivity contribution in [2.75, 3.05) is 4.90 Å². The fourth-order valence-electron chi connectivity index (χ4n) is 4.06. The molecule has 1 aromatic carbocycles. The summed E-state index contributed by atoms with van der Waals surface area (Å²) in [4.78, 5) is 59.6. The number of alkyl halides is 6. The first kappa shape index (κ1) is 26.8. The average molecular weight is 544 g/mol. The Hall–Kier alpha value is -4.27. The van der Waals surface area contributed by atoms with E-state index in [4.69, 9.17) is 9.25 Å². The molecular formula is C23H16F6N3O6+. The first-order valence-electron chi connectivity index (χ1n) is 10.6. The molecule has 1 saturated heterocycles. The van der Waals surface area contributed by atoms with E-state index in [1.165, 1.54) is 24.5 Å². The summed E-state index contributed by atoms with van der Waals surface area (Å²) in [6.45, 7) is 1.42. The lowest BCUT2D eigenvalue weighted by molar-refractivity contribution is -1.06. The molecule has 9 nitrogen and oxygen atoms in total. The third kappa shape index (κ3) is 4.27. The quantitative estimate of drug-likeness (QED) is 0.206. The van der Waals surface area contributed by atoms with E-state index in [1.807, 2.05) is 0 Å². The number of imide groups is 1. The predicted molar refractivity (Wildman–Crippen MR) is 115 cm³/mol. The Balaban J connectivity index is 1.89. The van der Waals surface area contributed by atoms with Crippen molar-refractivity contribution in [1.29, 1.82) is 0 Å². The molecule has 2 aromatic heterocycles. The number of nitrogens with zero attached hydrogens (tertiary/aromatic N) is 3. The number of hydrogen-bond acceptors (Lipinski definition) is 7. The molecule has 0 spiro atoms. The van der Waals surface area contributed by atoms with Crippen LogP contribution in [-0.2, 0) is 27.1 Å². The average Bonchev–Trinajstić information content (AvgIpc) is 2.95. The predicted octanol–water partition coefficient (Wildman–Crippen LogP) is 4.49. The zero-order valence-corrected chi connectivity index (χ0v) is 19.4. The third-order valence-corrected chi connectivity index (χ3v) is 6.05. The summed E-state index contributed by atoms with van der Waals surface area (Å²) in [6, 6.07) is 3.97. The number of pyridine rings is 1. The van der Waals surface area contributed by atoms with Gasteiger partial charge in [-0.25, -0.2) is 14.4 Å². The largest absolute Gasteiger partial charge is 0.497 e. The number of quaternary nitrogens is 1. The SMILES string of the molecule is CC1(C)C(=O)N(c2ccc3c(C(F)(F)F)cc(=O)oc3c2)C(=O)[N+]1(Cc1ccncc1)OC(=O)C(F)(F)F. The summed E-state index contributed by atoms with van der Waals surface area (Å²) in [5.74, 6) is -3.89. The zero-order chi connectivity index (χ0) is 28.3. The lowest BCUT2D eigenvalue weighted by Gasteiger charge is -2.35. The first-order chi connectivity index (χ1) is 17.5. The number of hydrogen-bond donors (Lipinski definition) is 0. The van der Waals surface area contributed by atoms with Crippen LogP contribution in [0.4, 0.5) is 36.8 Å². The van der Waals surface area contributed by atoms with Crippen molar-refractivity contribution in [3.63, 3.8) is 0 Å². The van der Waals surface area contributed by atoms with Crippen LogP contribution in [0.5, 0.6) is 0 Å². The van der Waals surface area contributed by atoms with Crippen LogP contribution in [0.1, 0.15) is 25.0 Å². The van der Waals surface area contributed by atoms with Crippen LogP contribution in [0.25, 0.3) is 11.0 Å². The van der Waals surface area contributed by atoms with Crippen molar-refractivity contribution < 1.29 is 54.6 Å².